The fourth-order valence-corrected chi connectivity index (χ4v) is 4.15. The highest BCUT2D eigenvalue weighted by molar-refractivity contribution is 6.30. The van der Waals surface area contributed by atoms with Crippen molar-refractivity contribution in [3.05, 3.63) is 106 Å². The molecule has 5 rings (SSSR count). The van der Waals surface area contributed by atoms with E-state index >= 15 is 0 Å². The van der Waals surface area contributed by atoms with Gasteiger partial charge in [-0.3, -0.25) is 4.79 Å². The maximum Gasteiger partial charge on any atom is 0.256 e. The predicted molar refractivity (Wildman–Crippen MR) is 146 cm³/mol. The minimum Gasteiger partial charge on any atom is -0.497 e. The highest BCUT2D eigenvalue weighted by Gasteiger charge is 2.21. The summed E-state index contributed by atoms with van der Waals surface area (Å²) in [6.45, 7) is 2.90. The van der Waals surface area contributed by atoms with E-state index in [0.29, 0.717) is 35.2 Å². The van der Waals surface area contributed by atoms with Crippen molar-refractivity contribution in [3.8, 4) is 5.75 Å². The molecule has 1 aliphatic heterocycles. The second-order valence-electron chi connectivity index (χ2n) is 8.63. The van der Waals surface area contributed by atoms with Crippen LogP contribution in [0.15, 0.2) is 79.0 Å². The monoisotopic (exact) mass is 515 g/mol. The average molecular weight is 516 g/mol. The number of nitrogen functional groups attached to an aromatic ring is 1. The Bertz CT molecular complexity index is 1460. The Morgan fingerprint density at radius 3 is 2.62 bits per heavy atom. The fraction of sp³-hybridized carbons (Fsp3) is 0.143. The number of amides is 1. The molecule has 0 unspecified atom stereocenters. The molecule has 1 aliphatic rings. The van der Waals surface area contributed by atoms with Crippen molar-refractivity contribution in [2.45, 2.75) is 13.5 Å². The molecule has 1 aromatic heterocycles. The lowest BCUT2D eigenvalue weighted by molar-refractivity contribution is 0.102. The van der Waals surface area contributed by atoms with Gasteiger partial charge in [0.05, 0.1) is 32.1 Å². The Balaban J connectivity index is 1.28. The predicted octanol–water partition coefficient (Wildman–Crippen LogP) is 5.53. The third-order valence-electron chi connectivity index (χ3n) is 6.15. The molecular weight excluding hydrogens is 490 g/mol. The molecule has 0 spiro atoms. The number of benzene rings is 3. The number of hydrogen-bond acceptors (Lipinski definition) is 6. The van der Waals surface area contributed by atoms with Gasteiger partial charge in [0, 0.05) is 16.1 Å². The average Bonchev–Trinajstić information content (AvgIpc) is 3.53. The minimum atomic E-state index is -0.278. The summed E-state index contributed by atoms with van der Waals surface area (Å²) in [5.74, 6) is 1.61. The molecule has 0 bridgehead atoms. The Labute approximate surface area is 219 Å². The topological polar surface area (TPSA) is 94.6 Å². The van der Waals surface area contributed by atoms with Gasteiger partial charge in [0.2, 0.25) is 0 Å². The van der Waals surface area contributed by atoms with Crippen LogP contribution in [0, 0.1) is 6.92 Å². The van der Waals surface area contributed by atoms with Crippen molar-refractivity contribution in [1.29, 1.82) is 0 Å². The molecule has 0 saturated carbocycles. The first-order valence-electron chi connectivity index (χ1n) is 11.7. The number of carbonyl (C=O) groups excluding carboxylic acids is 1. The van der Waals surface area contributed by atoms with Gasteiger partial charge >= 0.3 is 0 Å². The molecule has 0 radical (unpaired) electrons. The molecule has 3 aromatic carbocycles. The molecule has 2 heterocycles. The number of nitrogens with two attached hydrogens (primary N) is 1. The number of methoxy groups -OCH3 is 1. The molecule has 3 N–H and O–H groups in total. The smallest absolute Gasteiger partial charge is 0.256 e. The molecule has 0 fully saturated rings. The SMILES string of the molecule is COc1ccc(Cn2ncc(NC(=O)c3cc(N4CC=C(c5ccc(Cl)cc5)O4)ccc3C)c2N)cc1. The van der Waals surface area contributed by atoms with Crippen LogP contribution in [0.25, 0.3) is 5.76 Å². The number of ether oxygens (including phenoxy) is 1. The van der Waals surface area contributed by atoms with Gasteiger partial charge in [-0.25, -0.2) is 9.75 Å². The number of hydroxylamine groups is 1. The molecule has 0 atom stereocenters. The van der Waals surface area contributed by atoms with Crippen LogP contribution in [-0.4, -0.2) is 29.3 Å². The lowest BCUT2D eigenvalue weighted by atomic mass is 10.1. The number of aryl methyl sites for hydroxylation is 1. The van der Waals surface area contributed by atoms with E-state index in [2.05, 4.69) is 10.4 Å². The summed E-state index contributed by atoms with van der Waals surface area (Å²) < 4.78 is 6.84. The van der Waals surface area contributed by atoms with Gasteiger partial charge < -0.3 is 20.6 Å². The summed E-state index contributed by atoms with van der Waals surface area (Å²) in [6.07, 6.45) is 3.54. The number of anilines is 3. The van der Waals surface area contributed by atoms with E-state index in [1.807, 2.05) is 73.7 Å². The molecule has 188 valence electrons. The lowest BCUT2D eigenvalue weighted by Crippen LogP contribution is -2.19. The van der Waals surface area contributed by atoms with Crippen LogP contribution >= 0.6 is 11.6 Å². The normalized spacial score (nSPS) is 12.7. The number of aromatic nitrogens is 2. The number of carbonyl (C=O) groups is 1. The Kier molecular flexibility index (Phi) is 6.74. The third kappa shape index (κ3) is 5.24. The Hall–Kier alpha value is -4.43. The zero-order chi connectivity index (χ0) is 25.9. The molecule has 37 heavy (non-hydrogen) atoms. The summed E-state index contributed by atoms with van der Waals surface area (Å²) in [6, 6.07) is 20.7. The van der Waals surface area contributed by atoms with E-state index in [1.54, 1.807) is 29.1 Å². The number of nitrogens with zero attached hydrogens (tertiary/aromatic N) is 3. The van der Waals surface area contributed by atoms with Crippen molar-refractivity contribution in [1.82, 2.24) is 9.78 Å². The van der Waals surface area contributed by atoms with E-state index in [1.165, 1.54) is 0 Å². The van der Waals surface area contributed by atoms with Crippen LogP contribution in [0.1, 0.15) is 27.0 Å². The molecule has 0 aliphatic carbocycles. The molecular formula is C28H26ClN5O3. The number of hydrogen-bond donors (Lipinski definition) is 2. The van der Waals surface area contributed by atoms with Crippen LogP contribution in [0.3, 0.4) is 0 Å². The zero-order valence-electron chi connectivity index (χ0n) is 20.4. The highest BCUT2D eigenvalue weighted by atomic mass is 35.5. The lowest BCUT2D eigenvalue weighted by Gasteiger charge is -2.20. The summed E-state index contributed by atoms with van der Waals surface area (Å²) in [5.41, 5.74) is 10.8. The molecule has 0 saturated heterocycles. The maximum atomic E-state index is 13.2. The van der Waals surface area contributed by atoms with E-state index in [4.69, 9.17) is 26.9 Å². The first-order chi connectivity index (χ1) is 17.9. The van der Waals surface area contributed by atoms with Crippen molar-refractivity contribution in [3.63, 3.8) is 0 Å². The summed E-state index contributed by atoms with van der Waals surface area (Å²) in [5, 5.41) is 9.65. The van der Waals surface area contributed by atoms with Crippen LogP contribution < -0.4 is 20.9 Å². The Morgan fingerprint density at radius 1 is 1.14 bits per heavy atom. The van der Waals surface area contributed by atoms with Crippen molar-refractivity contribution >= 4 is 40.5 Å². The van der Waals surface area contributed by atoms with Crippen molar-refractivity contribution in [2.24, 2.45) is 0 Å². The third-order valence-corrected chi connectivity index (χ3v) is 6.41. The zero-order valence-corrected chi connectivity index (χ0v) is 21.2. The van der Waals surface area contributed by atoms with Gasteiger partial charge in [0.1, 0.15) is 17.3 Å². The van der Waals surface area contributed by atoms with Gasteiger partial charge in [0.15, 0.2) is 5.76 Å². The molecule has 1 amide bonds. The molecule has 8 nitrogen and oxygen atoms in total. The van der Waals surface area contributed by atoms with Gasteiger partial charge in [-0.2, -0.15) is 5.10 Å². The second kappa shape index (κ2) is 10.3. The molecule has 9 heteroatoms. The van der Waals surface area contributed by atoms with Crippen molar-refractivity contribution < 1.29 is 14.4 Å². The fourth-order valence-electron chi connectivity index (χ4n) is 4.02. The quantitative estimate of drug-likeness (QED) is 0.336. The van der Waals surface area contributed by atoms with Gasteiger partial charge in [-0.15, -0.1) is 0 Å². The molecule has 4 aromatic rings. The number of rotatable bonds is 7. The van der Waals surface area contributed by atoms with Crippen LogP contribution in [-0.2, 0) is 11.4 Å². The first kappa shape index (κ1) is 24.3. The largest absolute Gasteiger partial charge is 0.497 e. The number of nitrogens with one attached hydrogen (secondary N) is 1. The van der Waals surface area contributed by atoms with Gasteiger partial charge in [0.25, 0.3) is 5.91 Å². The van der Waals surface area contributed by atoms with E-state index in [0.717, 1.165) is 33.9 Å². The second-order valence-corrected chi connectivity index (χ2v) is 9.07. The number of halogens is 1. The summed E-state index contributed by atoms with van der Waals surface area (Å²) >= 11 is 5.99. The highest BCUT2D eigenvalue weighted by Crippen LogP contribution is 2.30. The van der Waals surface area contributed by atoms with Gasteiger partial charge in [-0.1, -0.05) is 29.8 Å². The maximum absolute atomic E-state index is 13.2. The van der Waals surface area contributed by atoms with Crippen molar-refractivity contribution in [2.75, 3.05) is 29.8 Å². The van der Waals surface area contributed by atoms with Crippen LogP contribution in [0.5, 0.6) is 5.75 Å². The van der Waals surface area contributed by atoms with Crippen LogP contribution in [0.4, 0.5) is 17.2 Å². The van der Waals surface area contributed by atoms with E-state index in [-0.39, 0.29) is 5.91 Å². The van der Waals surface area contributed by atoms with E-state index in [9.17, 15) is 4.79 Å². The van der Waals surface area contributed by atoms with Gasteiger partial charge in [-0.05, 0) is 72.7 Å². The summed E-state index contributed by atoms with van der Waals surface area (Å²) in [7, 11) is 1.63. The van der Waals surface area contributed by atoms with E-state index < -0.39 is 0 Å². The Morgan fingerprint density at radius 2 is 1.89 bits per heavy atom. The first-order valence-corrected chi connectivity index (χ1v) is 12.1. The minimum absolute atomic E-state index is 0.278. The van der Waals surface area contributed by atoms with Crippen LogP contribution in [0.2, 0.25) is 5.02 Å². The summed E-state index contributed by atoms with van der Waals surface area (Å²) in [4.78, 5) is 19.2. The standard InChI is InChI=1S/C28H26ClN5O3/c1-18-3-10-22(34-14-13-26(37-34)20-6-8-21(29)9-7-20)15-24(18)28(35)32-25-16-31-33(27(25)30)17-19-4-11-23(36-2)12-5-19/h3-13,15-16H,14,17,30H2,1-2H3,(H,32,35).